The van der Waals surface area contributed by atoms with Crippen LogP contribution in [0.15, 0.2) is 24.3 Å². The predicted molar refractivity (Wildman–Crippen MR) is 74.9 cm³/mol. The summed E-state index contributed by atoms with van der Waals surface area (Å²) in [5.74, 6) is -0.222. The van der Waals surface area contributed by atoms with Gasteiger partial charge in [-0.05, 0) is 32.3 Å². The van der Waals surface area contributed by atoms with Gasteiger partial charge >= 0.3 is 0 Å². The molecule has 1 N–H and O–H groups in total. The highest BCUT2D eigenvalue weighted by Gasteiger charge is 2.24. The Morgan fingerprint density at radius 1 is 1.11 bits per heavy atom. The van der Waals surface area contributed by atoms with Crippen molar-refractivity contribution in [1.29, 1.82) is 0 Å². The number of Topliss-reactive ketones (excluding diaryl/α,β-unsaturated/α-hetero) is 1. The molecule has 18 heavy (non-hydrogen) atoms. The van der Waals surface area contributed by atoms with Gasteiger partial charge in [0, 0.05) is 5.56 Å². The van der Waals surface area contributed by atoms with E-state index in [-0.39, 0.29) is 5.78 Å². The third-order valence-electron chi connectivity index (χ3n) is 3.09. The molecule has 1 rings (SSSR count). The largest absolute Gasteiger partial charge is 0.382 e. The van der Waals surface area contributed by atoms with Crippen LogP contribution in [0.2, 0.25) is 0 Å². The van der Waals surface area contributed by atoms with Crippen molar-refractivity contribution < 1.29 is 9.90 Å². The maximum Gasteiger partial charge on any atom is 0.193 e. The quantitative estimate of drug-likeness (QED) is 0.589. The van der Waals surface area contributed by atoms with E-state index in [1.165, 1.54) is 45.1 Å². The first-order chi connectivity index (χ1) is 8.45. The summed E-state index contributed by atoms with van der Waals surface area (Å²) in [6.07, 6.45) is 6.07. The van der Waals surface area contributed by atoms with Crippen LogP contribution in [0.5, 0.6) is 0 Å². The van der Waals surface area contributed by atoms with E-state index in [9.17, 15) is 9.90 Å². The van der Waals surface area contributed by atoms with Gasteiger partial charge in [-0.1, -0.05) is 50.5 Å². The number of aliphatic hydroxyl groups is 1. The summed E-state index contributed by atoms with van der Waals surface area (Å²) in [6, 6.07) is 7.61. The van der Waals surface area contributed by atoms with Crippen LogP contribution in [0.25, 0.3) is 0 Å². The molecule has 2 heteroatoms. The molecule has 0 amide bonds. The maximum absolute atomic E-state index is 11.8. The average molecular weight is 248 g/mol. The lowest BCUT2D eigenvalue weighted by atomic mass is 9.95. The van der Waals surface area contributed by atoms with Crippen LogP contribution in [0.3, 0.4) is 0 Å². The van der Waals surface area contributed by atoms with E-state index >= 15 is 0 Å². The topological polar surface area (TPSA) is 37.3 Å². The van der Waals surface area contributed by atoms with E-state index in [0.29, 0.717) is 5.56 Å². The molecule has 0 saturated carbocycles. The maximum atomic E-state index is 11.8. The van der Waals surface area contributed by atoms with Crippen LogP contribution in [-0.2, 0) is 6.42 Å². The van der Waals surface area contributed by atoms with Crippen molar-refractivity contribution in [2.75, 3.05) is 0 Å². The third-order valence-corrected chi connectivity index (χ3v) is 3.09. The first-order valence-electron chi connectivity index (χ1n) is 6.81. The van der Waals surface area contributed by atoms with Crippen molar-refractivity contribution in [3.05, 3.63) is 35.4 Å². The summed E-state index contributed by atoms with van der Waals surface area (Å²) in [4.78, 5) is 11.8. The first kappa shape index (κ1) is 14.9. The number of hydrogen-bond donors (Lipinski definition) is 1. The lowest BCUT2D eigenvalue weighted by Gasteiger charge is -2.15. The van der Waals surface area contributed by atoms with Crippen molar-refractivity contribution in [2.24, 2.45) is 0 Å². The highest BCUT2D eigenvalue weighted by atomic mass is 16.3. The standard InChI is InChI=1S/C16H24O2/c1-4-5-6-7-8-13-9-11-14(12-10-13)15(17)16(2,3)18/h9-12,18H,4-8H2,1-3H3. The number of carbonyl (C=O) groups excluding carboxylic acids is 1. The molecule has 0 radical (unpaired) electrons. The van der Waals surface area contributed by atoms with Gasteiger partial charge < -0.3 is 5.11 Å². The van der Waals surface area contributed by atoms with Gasteiger partial charge in [-0.25, -0.2) is 0 Å². The zero-order chi connectivity index (χ0) is 13.6. The molecule has 100 valence electrons. The van der Waals surface area contributed by atoms with Gasteiger partial charge in [0.25, 0.3) is 0 Å². The van der Waals surface area contributed by atoms with Gasteiger partial charge in [-0.15, -0.1) is 0 Å². The van der Waals surface area contributed by atoms with Gasteiger partial charge in [0.2, 0.25) is 0 Å². The fourth-order valence-corrected chi connectivity index (χ4v) is 1.93. The number of hydrogen-bond acceptors (Lipinski definition) is 2. The molecule has 0 bridgehead atoms. The summed E-state index contributed by atoms with van der Waals surface area (Å²) in [7, 11) is 0. The zero-order valence-electron chi connectivity index (χ0n) is 11.7. The molecule has 1 aromatic carbocycles. The van der Waals surface area contributed by atoms with Crippen molar-refractivity contribution >= 4 is 5.78 Å². The summed E-state index contributed by atoms with van der Waals surface area (Å²) >= 11 is 0. The summed E-state index contributed by atoms with van der Waals surface area (Å²) in [5, 5.41) is 9.66. The Kier molecular flexibility index (Phi) is 5.54. The molecule has 0 saturated heterocycles. The lowest BCUT2D eigenvalue weighted by Crippen LogP contribution is -2.31. The molecule has 0 heterocycles. The molecule has 0 atom stereocenters. The number of carbonyl (C=O) groups is 1. The molecule has 0 spiro atoms. The molecule has 0 aliphatic carbocycles. The molecular formula is C16H24O2. The summed E-state index contributed by atoms with van der Waals surface area (Å²) in [6.45, 7) is 5.25. The molecule has 2 nitrogen and oxygen atoms in total. The van der Waals surface area contributed by atoms with E-state index in [1.807, 2.05) is 24.3 Å². The zero-order valence-corrected chi connectivity index (χ0v) is 11.7. The molecule has 0 fully saturated rings. The van der Waals surface area contributed by atoms with Crippen LogP contribution in [0, 0.1) is 0 Å². The summed E-state index contributed by atoms with van der Waals surface area (Å²) in [5.41, 5.74) is 0.557. The van der Waals surface area contributed by atoms with Crippen LogP contribution in [-0.4, -0.2) is 16.5 Å². The van der Waals surface area contributed by atoms with Gasteiger partial charge in [0.05, 0.1) is 0 Å². The van der Waals surface area contributed by atoms with Crippen LogP contribution >= 0.6 is 0 Å². The molecular weight excluding hydrogens is 224 g/mol. The van der Waals surface area contributed by atoms with Gasteiger partial charge in [-0.3, -0.25) is 4.79 Å². The molecule has 0 unspecified atom stereocenters. The fraction of sp³-hybridized carbons (Fsp3) is 0.562. The van der Waals surface area contributed by atoms with Crippen molar-refractivity contribution in [3.8, 4) is 0 Å². The van der Waals surface area contributed by atoms with Crippen molar-refractivity contribution in [1.82, 2.24) is 0 Å². The highest BCUT2D eigenvalue weighted by molar-refractivity contribution is 6.01. The SMILES string of the molecule is CCCCCCc1ccc(C(=O)C(C)(C)O)cc1. The lowest BCUT2D eigenvalue weighted by molar-refractivity contribution is 0.0488. The Morgan fingerprint density at radius 3 is 2.22 bits per heavy atom. The van der Waals surface area contributed by atoms with Crippen LogP contribution < -0.4 is 0 Å². The van der Waals surface area contributed by atoms with E-state index in [2.05, 4.69) is 6.92 Å². The second-order valence-corrected chi connectivity index (χ2v) is 5.40. The van der Waals surface area contributed by atoms with E-state index < -0.39 is 5.60 Å². The van der Waals surface area contributed by atoms with Crippen LogP contribution in [0.4, 0.5) is 0 Å². The van der Waals surface area contributed by atoms with Crippen molar-refractivity contribution in [3.63, 3.8) is 0 Å². The van der Waals surface area contributed by atoms with Gasteiger partial charge in [-0.2, -0.15) is 0 Å². The average Bonchev–Trinajstić information content (AvgIpc) is 2.33. The van der Waals surface area contributed by atoms with E-state index in [4.69, 9.17) is 0 Å². The Hall–Kier alpha value is -1.15. The predicted octanol–water partition coefficient (Wildman–Crippen LogP) is 3.76. The summed E-state index contributed by atoms with van der Waals surface area (Å²) < 4.78 is 0. The highest BCUT2D eigenvalue weighted by Crippen LogP contribution is 2.15. The second-order valence-electron chi connectivity index (χ2n) is 5.40. The minimum absolute atomic E-state index is 0.222. The van der Waals surface area contributed by atoms with Gasteiger partial charge in [0.1, 0.15) is 5.60 Å². The normalized spacial score (nSPS) is 11.6. The van der Waals surface area contributed by atoms with E-state index in [0.717, 1.165) is 6.42 Å². The molecule has 0 aliphatic rings. The number of aryl methyl sites for hydroxylation is 1. The van der Waals surface area contributed by atoms with Crippen LogP contribution in [0.1, 0.15) is 62.4 Å². The number of benzene rings is 1. The Bertz CT molecular complexity index is 371. The Morgan fingerprint density at radius 2 is 1.72 bits per heavy atom. The van der Waals surface area contributed by atoms with E-state index in [1.54, 1.807) is 0 Å². The monoisotopic (exact) mass is 248 g/mol. The third kappa shape index (κ3) is 4.61. The number of ketones is 1. The molecule has 0 aromatic heterocycles. The molecule has 1 aromatic rings. The fourth-order valence-electron chi connectivity index (χ4n) is 1.93. The minimum atomic E-state index is -1.29. The minimum Gasteiger partial charge on any atom is -0.382 e. The first-order valence-corrected chi connectivity index (χ1v) is 6.81. The number of unbranched alkanes of at least 4 members (excludes halogenated alkanes) is 3. The molecule has 0 aliphatic heterocycles. The Balaban J connectivity index is 2.55. The Labute approximate surface area is 110 Å². The number of rotatable bonds is 7. The van der Waals surface area contributed by atoms with Crippen molar-refractivity contribution in [2.45, 2.75) is 58.5 Å². The second kappa shape index (κ2) is 6.69. The smallest absolute Gasteiger partial charge is 0.193 e. The van der Waals surface area contributed by atoms with Gasteiger partial charge in [0.15, 0.2) is 5.78 Å².